The van der Waals surface area contributed by atoms with Crippen molar-refractivity contribution in [2.24, 2.45) is 5.73 Å². The van der Waals surface area contributed by atoms with E-state index < -0.39 is 6.04 Å². The molecule has 3 aromatic carbocycles. The van der Waals surface area contributed by atoms with Gasteiger partial charge in [-0.3, -0.25) is 9.59 Å². The lowest BCUT2D eigenvalue weighted by Gasteiger charge is -2.32. The van der Waals surface area contributed by atoms with Gasteiger partial charge in [0.05, 0.1) is 0 Å². The third-order valence-corrected chi connectivity index (χ3v) is 7.63. The van der Waals surface area contributed by atoms with Crippen molar-refractivity contribution in [3.05, 3.63) is 106 Å². The van der Waals surface area contributed by atoms with Crippen molar-refractivity contribution in [1.82, 2.24) is 10.2 Å². The van der Waals surface area contributed by atoms with E-state index in [2.05, 4.69) is 35.6 Å². The molecule has 0 aliphatic heterocycles. The monoisotopic (exact) mass is 499 g/mol. The second-order valence-corrected chi connectivity index (χ2v) is 10.3. The number of amides is 2. The number of nitrogens with two attached hydrogens (primary N) is 1. The van der Waals surface area contributed by atoms with Crippen LogP contribution in [0.4, 0.5) is 0 Å². The number of benzene rings is 3. The van der Waals surface area contributed by atoms with Crippen LogP contribution in [0.2, 0.25) is 0 Å². The van der Waals surface area contributed by atoms with E-state index in [1.807, 2.05) is 61.7 Å². The van der Waals surface area contributed by atoms with Gasteiger partial charge in [0.15, 0.2) is 0 Å². The predicted octanol–water partition coefficient (Wildman–Crippen LogP) is 5.52. The third-order valence-electron chi connectivity index (χ3n) is 6.69. The second-order valence-electron chi connectivity index (χ2n) is 9.29. The molecule has 0 bridgehead atoms. The summed E-state index contributed by atoms with van der Waals surface area (Å²) in [6.07, 6.45) is 0.759. The highest BCUT2D eigenvalue weighted by Crippen LogP contribution is 2.28. The van der Waals surface area contributed by atoms with Crippen LogP contribution in [0.25, 0.3) is 10.8 Å². The largest absolute Gasteiger partial charge is 0.354 e. The standard InChI is InChI=1S/C30H33N3O2S/c1-20(23-14-13-22-8-4-5-9-25(22)18-23)28(29(34)32-16-15-27-12-7-17-36-27)33(3)30(35)26-11-6-10-24(19-26)21(2)31/h4-14,17-21,28H,15-16,31H2,1-3H3,(H,32,34). The van der Waals surface area contributed by atoms with Crippen LogP contribution in [0.1, 0.15) is 52.2 Å². The molecule has 6 heteroatoms. The first-order valence-corrected chi connectivity index (χ1v) is 13.1. The second kappa shape index (κ2) is 11.5. The average molecular weight is 500 g/mol. The Hall–Kier alpha value is -3.48. The Bertz CT molecular complexity index is 1330. The number of carbonyl (C=O) groups is 2. The lowest BCUT2D eigenvalue weighted by Crippen LogP contribution is -2.50. The summed E-state index contributed by atoms with van der Waals surface area (Å²) in [4.78, 5) is 29.9. The molecule has 1 aromatic heterocycles. The van der Waals surface area contributed by atoms with E-state index in [0.717, 1.165) is 28.3 Å². The molecule has 0 saturated carbocycles. The summed E-state index contributed by atoms with van der Waals surface area (Å²) in [6, 6.07) is 24.9. The van der Waals surface area contributed by atoms with Crippen LogP contribution in [0.15, 0.2) is 84.2 Å². The Kier molecular flexibility index (Phi) is 8.18. The number of likely N-dealkylation sites (N-methyl/N-ethyl adjacent to an activating group) is 1. The molecule has 0 aliphatic carbocycles. The quantitative estimate of drug-likeness (QED) is 0.318. The minimum atomic E-state index is -0.680. The molecule has 186 valence electrons. The Labute approximate surface area is 216 Å². The van der Waals surface area contributed by atoms with Crippen molar-refractivity contribution in [2.45, 2.75) is 38.3 Å². The fourth-order valence-electron chi connectivity index (χ4n) is 4.56. The summed E-state index contributed by atoms with van der Waals surface area (Å²) >= 11 is 1.67. The van der Waals surface area contributed by atoms with Gasteiger partial charge in [-0.2, -0.15) is 0 Å². The van der Waals surface area contributed by atoms with Gasteiger partial charge in [0, 0.05) is 36.0 Å². The number of nitrogens with one attached hydrogen (secondary N) is 1. The fourth-order valence-corrected chi connectivity index (χ4v) is 5.27. The van der Waals surface area contributed by atoms with Gasteiger partial charge >= 0.3 is 0 Å². The van der Waals surface area contributed by atoms with Crippen LogP contribution in [-0.2, 0) is 11.2 Å². The lowest BCUT2D eigenvalue weighted by molar-refractivity contribution is -0.125. The highest BCUT2D eigenvalue weighted by Gasteiger charge is 2.33. The van der Waals surface area contributed by atoms with Gasteiger partial charge in [0.1, 0.15) is 6.04 Å². The zero-order chi connectivity index (χ0) is 25.7. The molecule has 4 rings (SSSR count). The van der Waals surface area contributed by atoms with E-state index in [1.165, 1.54) is 4.88 Å². The van der Waals surface area contributed by atoms with Gasteiger partial charge in [-0.05, 0) is 58.8 Å². The van der Waals surface area contributed by atoms with Crippen molar-refractivity contribution in [2.75, 3.05) is 13.6 Å². The molecule has 5 nitrogen and oxygen atoms in total. The maximum atomic E-state index is 13.6. The number of carbonyl (C=O) groups excluding carboxylic acids is 2. The minimum Gasteiger partial charge on any atom is -0.354 e. The fraction of sp³-hybridized carbons (Fsp3) is 0.267. The highest BCUT2D eigenvalue weighted by atomic mass is 32.1. The van der Waals surface area contributed by atoms with Gasteiger partial charge < -0.3 is 16.0 Å². The molecule has 1 heterocycles. The molecule has 3 atom stereocenters. The van der Waals surface area contributed by atoms with Gasteiger partial charge in [-0.25, -0.2) is 0 Å². The molecule has 36 heavy (non-hydrogen) atoms. The average Bonchev–Trinajstić information content (AvgIpc) is 3.41. The first-order valence-electron chi connectivity index (χ1n) is 12.3. The summed E-state index contributed by atoms with van der Waals surface area (Å²) in [7, 11) is 1.71. The van der Waals surface area contributed by atoms with Crippen LogP contribution < -0.4 is 11.1 Å². The zero-order valence-corrected chi connectivity index (χ0v) is 21.8. The van der Waals surface area contributed by atoms with Crippen molar-refractivity contribution in [3.8, 4) is 0 Å². The van der Waals surface area contributed by atoms with Crippen LogP contribution in [-0.4, -0.2) is 36.3 Å². The van der Waals surface area contributed by atoms with Crippen LogP contribution in [0.5, 0.6) is 0 Å². The van der Waals surface area contributed by atoms with E-state index in [1.54, 1.807) is 29.4 Å². The molecular weight excluding hydrogens is 466 g/mol. The summed E-state index contributed by atoms with van der Waals surface area (Å²) in [5, 5.41) is 7.36. The lowest BCUT2D eigenvalue weighted by atomic mass is 9.89. The highest BCUT2D eigenvalue weighted by molar-refractivity contribution is 7.09. The summed E-state index contributed by atoms with van der Waals surface area (Å²) in [5.74, 6) is -0.586. The van der Waals surface area contributed by atoms with E-state index in [9.17, 15) is 9.59 Å². The predicted molar refractivity (Wildman–Crippen MR) is 148 cm³/mol. The summed E-state index contributed by atoms with van der Waals surface area (Å²) < 4.78 is 0. The van der Waals surface area contributed by atoms with E-state index in [4.69, 9.17) is 5.73 Å². The van der Waals surface area contributed by atoms with E-state index in [0.29, 0.717) is 12.1 Å². The number of hydrogen-bond acceptors (Lipinski definition) is 4. The molecule has 3 N–H and O–H groups in total. The SMILES string of the molecule is CC(N)c1cccc(C(=O)N(C)C(C(=O)NCCc2cccs2)C(C)c2ccc3ccccc3c2)c1. The Morgan fingerprint density at radius 1 is 0.917 bits per heavy atom. The number of thiophene rings is 1. The first-order chi connectivity index (χ1) is 17.3. The van der Waals surface area contributed by atoms with Crippen LogP contribution in [0.3, 0.4) is 0 Å². The summed E-state index contributed by atoms with van der Waals surface area (Å²) in [6.45, 7) is 4.41. The molecule has 0 spiro atoms. The van der Waals surface area contributed by atoms with Crippen LogP contribution >= 0.6 is 11.3 Å². The van der Waals surface area contributed by atoms with Crippen molar-refractivity contribution in [3.63, 3.8) is 0 Å². The zero-order valence-electron chi connectivity index (χ0n) is 21.0. The minimum absolute atomic E-state index is 0.161. The third kappa shape index (κ3) is 5.83. The molecule has 0 saturated heterocycles. The first kappa shape index (κ1) is 25.6. The summed E-state index contributed by atoms with van der Waals surface area (Å²) in [5.41, 5.74) is 8.46. The molecule has 3 unspecified atom stereocenters. The molecule has 0 aliphatic rings. The number of nitrogens with zero attached hydrogens (tertiary/aromatic N) is 1. The van der Waals surface area contributed by atoms with Gasteiger partial charge in [0.2, 0.25) is 5.91 Å². The molecule has 2 amide bonds. The normalized spacial score (nSPS) is 13.7. The van der Waals surface area contributed by atoms with Crippen LogP contribution in [0, 0.1) is 0 Å². The smallest absolute Gasteiger partial charge is 0.254 e. The van der Waals surface area contributed by atoms with Crippen molar-refractivity contribution < 1.29 is 9.59 Å². The molecule has 0 fully saturated rings. The number of hydrogen-bond donors (Lipinski definition) is 2. The Morgan fingerprint density at radius 3 is 2.42 bits per heavy atom. The molecular formula is C30H33N3O2S. The van der Waals surface area contributed by atoms with Gasteiger partial charge in [-0.1, -0.05) is 67.6 Å². The molecule has 0 radical (unpaired) electrons. The Balaban J connectivity index is 1.62. The van der Waals surface area contributed by atoms with Gasteiger partial charge in [0.25, 0.3) is 5.91 Å². The molecule has 4 aromatic rings. The van der Waals surface area contributed by atoms with Gasteiger partial charge in [-0.15, -0.1) is 11.3 Å². The van der Waals surface area contributed by atoms with E-state index >= 15 is 0 Å². The maximum Gasteiger partial charge on any atom is 0.254 e. The topological polar surface area (TPSA) is 75.4 Å². The number of fused-ring (bicyclic) bond motifs is 1. The maximum absolute atomic E-state index is 13.6. The Morgan fingerprint density at radius 2 is 1.69 bits per heavy atom. The number of rotatable bonds is 9. The van der Waals surface area contributed by atoms with Crippen molar-refractivity contribution in [1.29, 1.82) is 0 Å². The van der Waals surface area contributed by atoms with E-state index in [-0.39, 0.29) is 23.8 Å². The van der Waals surface area contributed by atoms with Crippen molar-refractivity contribution >= 4 is 33.9 Å².